The summed E-state index contributed by atoms with van der Waals surface area (Å²) in [6.07, 6.45) is 2.17. The number of carbonyl (C=O) groups excluding carboxylic acids is 2. The van der Waals surface area contributed by atoms with Crippen LogP contribution in [0.15, 0.2) is 59.6 Å². The highest BCUT2D eigenvalue weighted by Gasteiger charge is 2.08. The zero-order valence-corrected chi connectivity index (χ0v) is 15.2. The van der Waals surface area contributed by atoms with Crippen LogP contribution in [0.2, 0.25) is 0 Å². The number of hydrogen-bond acceptors (Lipinski definition) is 5. The minimum absolute atomic E-state index is 0.0647. The Hall–Kier alpha value is -2.97. The summed E-state index contributed by atoms with van der Waals surface area (Å²) in [5.74, 6) is 0.569. The highest BCUT2D eigenvalue weighted by atomic mass is 32.2. The Bertz CT molecular complexity index is 924. The largest absolute Gasteiger partial charge is 0.492 e. The average Bonchev–Trinajstić information content (AvgIpc) is 3.09. The molecule has 0 spiro atoms. The van der Waals surface area contributed by atoms with Gasteiger partial charge in [-0.2, -0.15) is 0 Å². The molecule has 0 aliphatic rings. The predicted octanol–water partition coefficient (Wildman–Crippen LogP) is 3.10. The zero-order valence-electron chi connectivity index (χ0n) is 14.4. The van der Waals surface area contributed by atoms with Crippen molar-refractivity contribution < 1.29 is 19.5 Å². The number of benzene rings is 2. The Morgan fingerprint density at radius 1 is 1.11 bits per heavy atom. The van der Waals surface area contributed by atoms with Crippen LogP contribution in [0.5, 0.6) is 5.75 Å². The Morgan fingerprint density at radius 3 is 2.67 bits per heavy atom. The Labute approximate surface area is 160 Å². The molecule has 0 fully saturated rings. The maximum Gasteiger partial charge on any atom is 0.307 e. The van der Waals surface area contributed by atoms with Crippen LogP contribution in [-0.2, 0) is 11.2 Å². The van der Waals surface area contributed by atoms with E-state index in [0.717, 1.165) is 28.2 Å². The first-order chi connectivity index (χ1) is 13.2. The van der Waals surface area contributed by atoms with Crippen molar-refractivity contribution in [3.05, 3.63) is 60.3 Å². The van der Waals surface area contributed by atoms with Gasteiger partial charge in [0.05, 0.1) is 13.0 Å². The van der Waals surface area contributed by atoms with E-state index in [1.54, 1.807) is 29.7 Å². The fourth-order valence-electron chi connectivity index (χ4n) is 2.61. The van der Waals surface area contributed by atoms with Gasteiger partial charge in [0.15, 0.2) is 0 Å². The van der Waals surface area contributed by atoms with Crippen LogP contribution in [0.25, 0.3) is 10.9 Å². The lowest BCUT2D eigenvalue weighted by Gasteiger charge is -2.08. The standard InChI is InChI=1S/C19H19N3O4S/c23-18(11-13-12-21-17-4-2-1-3-16(13)17)20-9-10-26-14-5-7-15(8-6-14)27-19(24)22-25/h1-8,12,21,25H,9-11H2,(H,20,23)(H,22,24). The van der Waals surface area contributed by atoms with Crippen LogP contribution in [-0.4, -0.2) is 34.5 Å². The van der Waals surface area contributed by atoms with Crippen molar-refractivity contribution in [3.8, 4) is 5.75 Å². The summed E-state index contributed by atoms with van der Waals surface area (Å²) in [7, 11) is 0. The van der Waals surface area contributed by atoms with Crippen molar-refractivity contribution >= 4 is 33.8 Å². The number of thioether (sulfide) groups is 1. The van der Waals surface area contributed by atoms with Crippen LogP contribution in [0, 0.1) is 0 Å². The molecule has 27 heavy (non-hydrogen) atoms. The smallest absolute Gasteiger partial charge is 0.307 e. The number of carbonyl (C=O) groups is 2. The predicted molar refractivity (Wildman–Crippen MR) is 103 cm³/mol. The second-order valence-corrected chi connectivity index (χ2v) is 6.75. The Kier molecular flexibility index (Phi) is 6.35. The Balaban J connectivity index is 1.41. The van der Waals surface area contributed by atoms with Crippen LogP contribution < -0.4 is 15.5 Å². The first-order valence-corrected chi connectivity index (χ1v) is 9.14. The molecule has 1 heterocycles. The number of nitrogens with one attached hydrogen (secondary N) is 3. The average molecular weight is 385 g/mol. The van der Waals surface area contributed by atoms with E-state index in [0.29, 0.717) is 30.2 Å². The normalized spacial score (nSPS) is 10.6. The number of rotatable bonds is 7. The van der Waals surface area contributed by atoms with Crippen LogP contribution in [0.3, 0.4) is 0 Å². The molecule has 2 amide bonds. The summed E-state index contributed by atoms with van der Waals surface area (Å²) in [4.78, 5) is 27.0. The lowest BCUT2D eigenvalue weighted by molar-refractivity contribution is -0.120. The quantitative estimate of drug-likeness (QED) is 0.217. The van der Waals surface area contributed by atoms with E-state index in [2.05, 4.69) is 10.3 Å². The summed E-state index contributed by atoms with van der Waals surface area (Å²) in [6.45, 7) is 0.730. The number of hydroxylamine groups is 1. The molecule has 8 heteroatoms. The van der Waals surface area contributed by atoms with Crippen LogP contribution in [0.4, 0.5) is 4.79 Å². The summed E-state index contributed by atoms with van der Waals surface area (Å²) >= 11 is 0.872. The van der Waals surface area contributed by atoms with E-state index in [4.69, 9.17) is 9.94 Å². The van der Waals surface area contributed by atoms with Gasteiger partial charge in [-0.05, 0) is 47.7 Å². The lowest BCUT2D eigenvalue weighted by Crippen LogP contribution is -2.29. The molecule has 3 rings (SSSR count). The molecule has 7 nitrogen and oxygen atoms in total. The topological polar surface area (TPSA) is 103 Å². The molecule has 4 N–H and O–H groups in total. The highest BCUT2D eigenvalue weighted by molar-refractivity contribution is 8.13. The number of hydrogen-bond donors (Lipinski definition) is 4. The van der Waals surface area contributed by atoms with Gasteiger partial charge in [-0.25, -0.2) is 5.48 Å². The van der Waals surface area contributed by atoms with Gasteiger partial charge in [-0.15, -0.1) is 0 Å². The maximum absolute atomic E-state index is 12.1. The van der Waals surface area contributed by atoms with Gasteiger partial charge < -0.3 is 15.0 Å². The van der Waals surface area contributed by atoms with Crippen molar-refractivity contribution in [2.75, 3.05) is 13.2 Å². The van der Waals surface area contributed by atoms with Crippen LogP contribution in [0.1, 0.15) is 5.56 Å². The summed E-state index contributed by atoms with van der Waals surface area (Å²) in [5.41, 5.74) is 3.53. The molecular formula is C19H19N3O4S. The van der Waals surface area contributed by atoms with Gasteiger partial charge >= 0.3 is 5.24 Å². The third-order valence-electron chi connectivity index (χ3n) is 3.84. The van der Waals surface area contributed by atoms with Crippen molar-refractivity contribution in [2.45, 2.75) is 11.3 Å². The first kappa shape index (κ1) is 18.8. The number of fused-ring (bicyclic) bond motifs is 1. The van der Waals surface area contributed by atoms with Gasteiger partial charge in [-0.3, -0.25) is 14.8 Å². The SMILES string of the molecule is O=C(Cc1c[nH]c2ccccc12)NCCOc1ccc(SC(=O)NO)cc1. The number of amides is 2. The first-order valence-electron chi connectivity index (χ1n) is 8.32. The summed E-state index contributed by atoms with van der Waals surface area (Å²) in [6, 6.07) is 14.7. The van der Waals surface area contributed by atoms with Crippen molar-refractivity contribution in [3.63, 3.8) is 0 Å². The molecule has 1 aromatic heterocycles. The molecule has 3 aromatic rings. The fourth-order valence-corrected chi connectivity index (χ4v) is 3.14. The van der Waals surface area contributed by atoms with Gasteiger partial charge in [-0.1, -0.05) is 18.2 Å². The summed E-state index contributed by atoms with van der Waals surface area (Å²) < 4.78 is 5.57. The molecule has 0 aliphatic carbocycles. The third-order valence-corrected chi connectivity index (χ3v) is 4.63. The van der Waals surface area contributed by atoms with Gasteiger partial charge in [0.1, 0.15) is 12.4 Å². The molecule has 0 saturated carbocycles. The monoisotopic (exact) mass is 385 g/mol. The zero-order chi connectivity index (χ0) is 19.1. The van der Waals surface area contributed by atoms with Crippen LogP contribution >= 0.6 is 11.8 Å². The highest BCUT2D eigenvalue weighted by Crippen LogP contribution is 2.21. The van der Waals surface area contributed by atoms with E-state index in [1.165, 1.54) is 0 Å². The lowest BCUT2D eigenvalue weighted by atomic mass is 10.1. The third kappa shape index (κ3) is 5.25. The number of aromatic amines is 1. The van der Waals surface area contributed by atoms with Gasteiger partial charge in [0.25, 0.3) is 0 Å². The van der Waals surface area contributed by atoms with E-state index < -0.39 is 5.24 Å². The molecule has 2 aromatic carbocycles. The number of para-hydroxylation sites is 1. The molecule has 0 aliphatic heterocycles. The molecule has 0 bridgehead atoms. The molecule has 0 atom stereocenters. The van der Waals surface area contributed by atoms with Crippen molar-refractivity contribution in [1.82, 2.24) is 15.8 Å². The maximum atomic E-state index is 12.1. The van der Waals surface area contributed by atoms with Gasteiger partial charge in [0, 0.05) is 22.0 Å². The van der Waals surface area contributed by atoms with Gasteiger partial charge in [0.2, 0.25) is 5.91 Å². The second kappa shape index (κ2) is 9.11. The van der Waals surface area contributed by atoms with E-state index in [1.807, 2.05) is 30.5 Å². The summed E-state index contributed by atoms with van der Waals surface area (Å²) in [5, 5.41) is 11.8. The molecule has 0 saturated heterocycles. The van der Waals surface area contributed by atoms with E-state index >= 15 is 0 Å². The number of ether oxygens (including phenoxy) is 1. The number of H-pyrrole nitrogens is 1. The second-order valence-electron chi connectivity index (χ2n) is 5.71. The van der Waals surface area contributed by atoms with Crippen molar-refractivity contribution in [1.29, 1.82) is 0 Å². The van der Waals surface area contributed by atoms with E-state index in [-0.39, 0.29) is 5.91 Å². The molecule has 140 valence electrons. The number of aromatic nitrogens is 1. The molecule has 0 radical (unpaired) electrons. The minimum atomic E-state index is -0.554. The Morgan fingerprint density at radius 2 is 1.89 bits per heavy atom. The minimum Gasteiger partial charge on any atom is -0.492 e. The molecular weight excluding hydrogens is 366 g/mol. The van der Waals surface area contributed by atoms with E-state index in [9.17, 15) is 9.59 Å². The fraction of sp³-hybridized carbons (Fsp3) is 0.158. The molecule has 0 unspecified atom stereocenters. The van der Waals surface area contributed by atoms with Crippen molar-refractivity contribution in [2.24, 2.45) is 0 Å².